The van der Waals surface area contributed by atoms with E-state index < -0.39 is 10.0 Å². The maximum absolute atomic E-state index is 12.6. The molecule has 18 heavy (non-hydrogen) atoms. The minimum absolute atomic E-state index is 0.449. The first kappa shape index (κ1) is 13.5. The number of hydrogen-bond acceptors (Lipinski definition) is 3. The Morgan fingerprint density at radius 1 is 1.17 bits per heavy atom. The van der Waals surface area contributed by atoms with Gasteiger partial charge in [0, 0.05) is 19.6 Å². The van der Waals surface area contributed by atoms with E-state index in [0.717, 1.165) is 30.6 Å². The summed E-state index contributed by atoms with van der Waals surface area (Å²) in [5.41, 5.74) is 1.87. The summed E-state index contributed by atoms with van der Waals surface area (Å²) in [5.74, 6) is 0. The Morgan fingerprint density at radius 2 is 1.94 bits per heavy atom. The van der Waals surface area contributed by atoms with E-state index in [4.69, 9.17) is 0 Å². The average molecular weight is 268 g/mol. The second-order valence-electron chi connectivity index (χ2n) is 4.71. The van der Waals surface area contributed by atoms with Crippen molar-refractivity contribution in [1.82, 2.24) is 9.62 Å². The van der Waals surface area contributed by atoms with Crippen molar-refractivity contribution in [3.05, 3.63) is 29.3 Å². The van der Waals surface area contributed by atoms with Crippen LogP contribution in [0.2, 0.25) is 0 Å². The molecule has 0 bridgehead atoms. The minimum atomic E-state index is -3.35. The highest BCUT2D eigenvalue weighted by molar-refractivity contribution is 7.89. The van der Waals surface area contributed by atoms with E-state index in [0.29, 0.717) is 18.0 Å². The van der Waals surface area contributed by atoms with Crippen molar-refractivity contribution in [2.24, 2.45) is 0 Å². The summed E-state index contributed by atoms with van der Waals surface area (Å²) in [4.78, 5) is 0.449. The number of rotatable bonds is 2. The van der Waals surface area contributed by atoms with Crippen molar-refractivity contribution in [2.75, 3.05) is 26.2 Å². The molecule has 0 amide bonds. The van der Waals surface area contributed by atoms with Gasteiger partial charge in [0.05, 0.1) is 4.90 Å². The smallest absolute Gasteiger partial charge is 0.243 e. The van der Waals surface area contributed by atoms with Gasteiger partial charge in [0.1, 0.15) is 0 Å². The van der Waals surface area contributed by atoms with Crippen LogP contribution in [0.25, 0.3) is 0 Å². The zero-order valence-corrected chi connectivity index (χ0v) is 11.8. The van der Waals surface area contributed by atoms with Crippen LogP contribution in [-0.2, 0) is 10.0 Å². The third-order valence-electron chi connectivity index (χ3n) is 3.47. The lowest BCUT2D eigenvalue weighted by Gasteiger charge is -2.21. The molecule has 4 nitrogen and oxygen atoms in total. The molecule has 0 atom stereocenters. The maximum atomic E-state index is 12.6. The summed E-state index contributed by atoms with van der Waals surface area (Å²) in [7, 11) is -3.35. The van der Waals surface area contributed by atoms with Crippen LogP contribution in [0.15, 0.2) is 23.1 Å². The van der Waals surface area contributed by atoms with Crippen molar-refractivity contribution < 1.29 is 8.42 Å². The lowest BCUT2D eigenvalue weighted by molar-refractivity contribution is 0.431. The van der Waals surface area contributed by atoms with E-state index >= 15 is 0 Å². The highest BCUT2D eigenvalue weighted by Crippen LogP contribution is 2.22. The molecule has 1 heterocycles. The first-order valence-electron chi connectivity index (χ1n) is 6.30. The Balaban J connectivity index is 2.38. The molecule has 0 aliphatic carbocycles. The van der Waals surface area contributed by atoms with Crippen molar-refractivity contribution in [3.63, 3.8) is 0 Å². The second-order valence-corrected chi connectivity index (χ2v) is 6.61. The van der Waals surface area contributed by atoms with E-state index in [1.54, 1.807) is 10.4 Å². The van der Waals surface area contributed by atoms with Gasteiger partial charge in [0.15, 0.2) is 0 Å². The van der Waals surface area contributed by atoms with Crippen LogP contribution in [-0.4, -0.2) is 38.9 Å². The van der Waals surface area contributed by atoms with Gasteiger partial charge >= 0.3 is 0 Å². The van der Waals surface area contributed by atoms with Gasteiger partial charge in [0.2, 0.25) is 10.0 Å². The molecule has 1 aliphatic rings. The van der Waals surface area contributed by atoms with E-state index in [1.165, 1.54) is 0 Å². The highest BCUT2D eigenvalue weighted by atomic mass is 32.2. The standard InChI is InChI=1S/C13H20N2O2S/c1-11-5-3-6-13(12(11)2)18(16,17)15-9-4-7-14-8-10-15/h3,5-6,14H,4,7-10H2,1-2H3. The number of aryl methyl sites for hydroxylation is 1. The molecule has 100 valence electrons. The third-order valence-corrected chi connectivity index (χ3v) is 5.51. The van der Waals surface area contributed by atoms with Crippen LogP contribution < -0.4 is 5.32 Å². The first-order chi connectivity index (χ1) is 8.53. The summed E-state index contributed by atoms with van der Waals surface area (Å²) < 4.78 is 26.8. The van der Waals surface area contributed by atoms with Crippen molar-refractivity contribution in [1.29, 1.82) is 0 Å². The Bertz CT molecular complexity index is 518. The fraction of sp³-hybridized carbons (Fsp3) is 0.538. The Kier molecular flexibility index (Phi) is 4.04. The van der Waals surface area contributed by atoms with Crippen LogP contribution >= 0.6 is 0 Å². The quantitative estimate of drug-likeness (QED) is 0.879. The van der Waals surface area contributed by atoms with Gasteiger partial charge in [-0.15, -0.1) is 0 Å². The summed E-state index contributed by atoms with van der Waals surface area (Å²) in [6.45, 7) is 6.58. The highest BCUT2D eigenvalue weighted by Gasteiger charge is 2.26. The lowest BCUT2D eigenvalue weighted by atomic mass is 10.1. The van der Waals surface area contributed by atoms with Crippen molar-refractivity contribution in [3.8, 4) is 0 Å². The zero-order valence-electron chi connectivity index (χ0n) is 10.9. The SMILES string of the molecule is Cc1cccc(S(=O)(=O)N2CCCNCC2)c1C. The maximum Gasteiger partial charge on any atom is 0.243 e. The van der Waals surface area contributed by atoms with Gasteiger partial charge in [-0.1, -0.05) is 12.1 Å². The Labute approximate surface area is 109 Å². The molecular weight excluding hydrogens is 248 g/mol. The van der Waals surface area contributed by atoms with Gasteiger partial charge in [-0.2, -0.15) is 4.31 Å². The molecule has 0 spiro atoms. The summed E-state index contributed by atoms with van der Waals surface area (Å²) in [6.07, 6.45) is 0.865. The molecule has 1 fully saturated rings. The summed E-state index contributed by atoms with van der Waals surface area (Å²) in [6, 6.07) is 5.46. The normalized spacial score (nSPS) is 18.6. The van der Waals surface area contributed by atoms with Crippen LogP contribution in [0.3, 0.4) is 0 Å². The first-order valence-corrected chi connectivity index (χ1v) is 7.74. The van der Waals surface area contributed by atoms with Crippen molar-refractivity contribution in [2.45, 2.75) is 25.2 Å². The molecule has 1 N–H and O–H groups in total. The zero-order chi connectivity index (χ0) is 13.2. The van der Waals surface area contributed by atoms with E-state index in [1.807, 2.05) is 26.0 Å². The minimum Gasteiger partial charge on any atom is -0.315 e. The van der Waals surface area contributed by atoms with E-state index in [9.17, 15) is 8.42 Å². The largest absolute Gasteiger partial charge is 0.315 e. The average Bonchev–Trinajstić information content (AvgIpc) is 2.61. The molecule has 1 aliphatic heterocycles. The number of sulfonamides is 1. The van der Waals surface area contributed by atoms with Gasteiger partial charge in [0.25, 0.3) is 0 Å². The van der Waals surface area contributed by atoms with Crippen LogP contribution in [0.1, 0.15) is 17.5 Å². The number of nitrogens with zero attached hydrogens (tertiary/aromatic N) is 1. The monoisotopic (exact) mass is 268 g/mol. The topological polar surface area (TPSA) is 49.4 Å². The van der Waals surface area contributed by atoms with Gasteiger partial charge < -0.3 is 5.32 Å². The number of nitrogens with one attached hydrogen (secondary N) is 1. The molecule has 0 aromatic heterocycles. The van der Waals surface area contributed by atoms with Crippen LogP contribution in [0, 0.1) is 13.8 Å². The molecule has 1 aromatic carbocycles. The molecule has 1 aromatic rings. The fourth-order valence-electron chi connectivity index (χ4n) is 2.20. The predicted molar refractivity (Wildman–Crippen MR) is 72.2 cm³/mol. The molecule has 5 heteroatoms. The molecule has 0 radical (unpaired) electrons. The Morgan fingerprint density at radius 3 is 2.72 bits per heavy atom. The molecule has 2 rings (SSSR count). The number of benzene rings is 1. The van der Waals surface area contributed by atoms with Crippen LogP contribution in [0.5, 0.6) is 0 Å². The molecular formula is C13H20N2O2S. The van der Waals surface area contributed by atoms with E-state index in [-0.39, 0.29) is 0 Å². The van der Waals surface area contributed by atoms with Gasteiger partial charge in [-0.3, -0.25) is 0 Å². The fourth-order valence-corrected chi connectivity index (χ4v) is 3.98. The van der Waals surface area contributed by atoms with Gasteiger partial charge in [-0.05, 0) is 44.0 Å². The van der Waals surface area contributed by atoms with Crippen LogP contribution in [0.4, 0.5) is 0 Å². The third kappa shape index (κ3) is 2.58. The summed E-state index contributed by atoms with van der Waals surface area (Å²) in [5, 5.41) is 3.22. The predicted octanol–water partition coefficient (Wildman–Crippen LogP) is 1.29. The second kappa shape index (κ2) is 5.38. The molecule has 1 saturated heterocycles. The van der Waals surface area contributed by atoms with E-state index in [2.05, 4.69) is 5.32 Å². The van der Waals surface area contributed by atoms with Gasteiger partial charge in [-0.25, -0.2) is 8.42 Å². The number of hydrogen-bond donors (Lipinski definition) is 1. The van der Waals surface area contributed by atoms with Crippen molar-refractivity contribution >= 4 is 10.0 Å². The lowest BCUT2D eigenvalue weighted by Crippen LogP contribution is -2.34. The molecule has 0 unspecified atom stereocenters. The Hall–Kier alpha value is -0.910. The summed E-state index contributed by atoms with van der Waals surface area (Å²) >= 11 is 0. The molecule has 0 saturated carbocycles.